The molecule has 0 bridgehead atoms. The van der Waals surface area contributed by atoms with Crippen LogP contribution >= 0.6 is 0 Å². The lowest BCUT2D eigenvalue weighted by Crippen LogP contribution is -2.53. The lowest BCUT2D eigenvalue weighted by atomic mass is 10.1. The van der Waals surface area contributed by atoms with Gasteiger partial charge in [0.15, 0.2) is 0 Å². The Hall–Kier alpha value is -0.0800. The largest absolute Gasteiger partial charge is 0.301 e. The van der Waals surface area contributed by atoms with Gasteiger partial charge in [-0.1, -0.05) is 6.92 Å². The van der Waals surface area contributed by atoms with Gasteiger partial charge in [0.05, 0.1) is 0 Å². The van der Waals surface area contributed by atoms with Gasteiger partial charge < -0.3 is 4.90 Å². The first-order chi connectivity index (χ1) is 5.54. The molecule has 0 N–H and O–H groups in total. The van der Waals surface area contributed by atoms with Crippen molar-refractivity contribution in [3.05, 3.63) is 0 Å². The van der Waals surface area contributed by atoms with Gasteiger partial charge in [0.2, 0.25) is 0 Å². The minimum absolute atomic E-state index is 0.361. The highest BCUT2D eigenvalue weighted by molar-refractivity contribution is 4.81. The SMILES string of the molecule is CCN1CCN(C(C)(C)C)CC1. The fourth-order valence-corrected chi connectivity index (χ4v) is 1.73. The van der Waals surface area contributed by atoms with Crippen LogP contribution in [-0.2, 0) is 0 Å². The zero-order valence-corrected chi connectivity index (χ0v) is 8.93. The third-order valence-corrected chi connectivity index (χ3v) is 2.77. The average Bonchev–Trinajstić information content (AvgIpc) is 2.03. The topological polar surface area (TPSA) is 6.48 Å². The summed E-state index contributed by atoms with van der Waals surface area (Å²) in [5, 5.41) is 0. The Morgan fingerprint density at radius 3 is 1.83 bits per heavy atom. The van der Waals surface area contributed by atoms with E-state index >= 15 is 0 Å². The van der Waals surface area contributed by atoms with E-state index in [1.165, 1.54) is 32.7 Å². The number of rotatable bonds is 1. The lowest BCUT2D eigenvalue weighted by molar-refractivity contribution is 0.0648. The minimum Gasteiger partial charge on any atom is -0.301 e. The summed E-state index contributed by atoms with van der Waals surface area (Å²) in [4.78, 5) is 5.08. The molecule has 1 fully saturated rings. The van der Waals surface area contributed by atoms with Crippen molar-refractivity contribution < 1.29 is 0 Å². The third kappa shape index (κ3) is 2.46. The average molecular weight is 170 g/mol. The van der Waals surface area contributed by atoms with Gasteiger partial charge in [-0.15, -0.1) is 0 Å². The standard InChI is InChI=1S/C10H22N2/c1-5-11-6-8-12(9-7-11)10(2,3)4/h5-9H2,1-4H3. The molecule has 0 aliphatic carbocycles. The third-order valence-electron chi connectivity index (χ3n) is 2.77. The summed E-state index contributed by atoms with van der Waals surface area (Å²) in [5.41, 5.74) is 0.361. The molecule has 2 nitrogen and oxygen atoms in total. The van der Waals surface area contributed by atoms with Crippen LogP contribution in [0.5, 0.6) is 0 Å². The lowest BCUT2D eigenvalue weighted by Gasteiger charge is -2.42. The van der Waals surface area contributed by atoms with Crippen LogP contribution in [0.25, 0.3) is 0 Å². The van der Waals surface area contributed by atoms with Gasteiger partial charge in [0.1, 0.15) is 0 Å². The molecule has 0 amide bonds. The van der Waals surface area contributed by atoms with Crippen LogP contribution < -0.4 is 0 Å². The predicted molar refractivity (Wildman–Crippen MR) is 53.4 cm³/mol. The quantitative estimate of drug-likeness (QED) is 0.587. The van der Waals surface area contributed by atoms with Gasteiger partial charge in [-0.2, -0.15) is 0 Å². The molecule has 0 aromatic rings. The fraction of sp³-hybridized carbons (Fsp3) is 1.00. The van der Waals surface area contributed by atoms with Gasteiger partial charge in [-0.25, -0.2) is 0 Å². The van der Waals surface area contributed by atoms with Crippen molar-refractivity contribution in [3.8, 4) is 0 Å². The van der Waals surface area contributed by atoms with Crippen LogP contribution in [0, 0.1) is 0 Å². The summed E-state index contributed by atoms with van der Waals surface area (Å²) in [7, 11) is 0. The van der Waals surface area contributed by atoms with Gasteiger partial charge in [-0.05, 0) is 27.3 Å². The Kier molecular flexibility index (Phi) is 3.13. The maximum Gasteiger partial charge on any atom is 0.0126 e. The first kappa shape index (κ1) is 10.0. The summed E-state index contributed by atoms with van der Waals surface area (Å²) >= 11 is 0. The molecule has 0 aromatic heterocycles. The Balaban J connectivity index is 2.36. The van der Waals surface area contributed by atoms with Gasteiger partial charge in [0, 0.05) is 31.7 Å². The second-order valence-electron chi connectivity index (χ2n) is 4.59. The summed E-state index contributed by atoms with van der Waals surface area (Å²) < 4.78 is 0. The molecule has 1 aliphatic rings. The zero-order chi connectivity index (χ0) is 9.19. The van der Waals surface area contributed by atoms with Crippen LogP contribution in [0.3, 0.4) is 0 Å². The van der Waals surface area contributed by atoms with E-state index in [-0.39, 0.29) is 0 Å². The Labute approximate surface area is 76.5 Å². The first-order valence-electron chi connectivity index (χ1n) is 5.01. The molecule has 1 aliphatic heterocycles. The highest BCUT2D eigenvalue weighted by atomic mass is 15.3. The van der Waals surface area contributed by atoms with Crippen molar-refractivity contribution >= 4 is 0 Å². The van der Waals surface area contributed by atoms with Crippen molar-refractivity contribution in [1.82, 2.24) is 9.80 Å². The number of hydrogen-bond donors (Lipinski definition) is 0. The minimum atomic E-state index is 0.361. The van der Waals surface area contributed by atoms with Crippen molar-refractivity contribution in [2.24, 2.45) is 0 Å². The number of hydrogen-bond acceptors (Lipinski definition) is 2. The molecule has 1 rings (SSSR count). The molecule has 2 heteroatoms. The van der Waals surface area contributed by atoms with E-state index in [2.05, 4.69) is 37.5 Å². The summed E-state index contributed by atoms with van der Waals surface area (Å²) in [6.07, 6.45) is 0. The highest BCUT2D eigenvalue weighted by Crippen LogP contribution is 2.15. The normalized spacial score (nSPS) is 23.0. The molecular weight excluding hydrogens is 148 g/mol. The molecule has 12 heavy (non-hydrogen) atoms. The molecule has 0 unspecified atom stereocenters. The van der Waals surface area contributed by atoms with Gasteiger partial charge in [-0.3, -0.25) is 4.90 Å². The van der Waals surface area contributed by atoms with Crippen LogP contribution in [0.15, 0.2) is 0 Å². The number of piperazine rings is 1. The van der Waals surface area contributed by atoms with E-state index in [1.54, 1.807) is 0 Å². The van der Waals surface area contributed by atoms with Crippen molar-refractivity contribution in [1.29, 1.82) is 0 Å². The number of nitrogens with zero attached hydrogens (tertiary/aromatic N) is 2. The van der Waals surface area contributed by atoms with Crippen LogP contribution in [0.4, 0.5) is 0 Å². The molecular formula is C10H22N2. The molecule has 0 saturated carbocycles. The maximum absolute atomic E-state index is 2.57. The summed E-state index contributed by atoms with van der Waals surface area (Å²) in [5.74, 6) is 0. The molecule has 0 atom stereocenters. The van der Waals surface area contributed by atoms with Crippen LogP contribution in [0.1, 0.15) is 27.7 Å². The van der Waals surface area contributed by atoms with E-state index in [1.807, 2.05) is 0 Å². The van der Waals surface area contributed by atoms with Crippen molar-refractivity contribution in [2.45, 2.75) is 33.2 Å². The predicted octanol–water partition coefficient (Wildman–Crippen LogP) is 1.42. The van der Waals surface area contributed by atoms with Crippen molar-refractivity contribution in [3.63, 3.8) is 0 Å². The highest BCUT2D eigenvalue weighted by Gasteiger charge is 2.24. The van der Waals surface area contributed by atoms with E-state index in [4.69, 9.17) is 0 Å². The number of likely N-dealkylation sites (N-methyl/N-ethyl adjacent to an activating group) is 1. The van der Waals surface area contributed by atoms with Crippen molar-refractivity contribution in [2.75, 3.05) is 32.7 Å². The van der Waals surface area contributed by atoms with Crippen LogP contribution in [0.2, 0.25) is 0 Å². The van der Waals surface area contributed by atoms with E-state index in [0.29, 0.717) is 5.54 Å². The van der Waals surface area contributed by atoms with Gasteiger partial charge >= 0.3 is 0 Å². The zero-order valence-electron chi connectivity index (χ0n) is 8.93. The second-order valence-corrected chi connectivity index (χ2v) is 4.59. The van der Waals surface area contributed by atoms with E-state index < -0.39 is 0 Å². The van der Waals surface area contributed by atoms with E-state index in [0.717, 1.165) is 0 Å². The summed E-state index contributed by atoms with van der Waals surface area (Å²) in [6.45, 7) is 15.3. The smallest absolute Gasteiger partial charge is 0.0126 e. The van der Waals surface area contributed by atoms with Gasteiger partial charge in [0.25, 0.3) is 0 Å². The summed E-state index contributed by atoms with van der Waals surface area (Å²) in [6, 6.07) is 0. The van der Waals surface area contributed by atoms with E-state index in [9.17, 15) is 0 Å². The Bertz CT molecular complexity index is 129. The maximum atomic E-state index is 2.57. The first-order valence-corrected chi connectivity index (χ1v) is 5.01. The second kappa shape index (κ2) is 3.75. The molecule has 1 saturated heterocycles. The fourth-order valence-electron chi connectivity index (χ4n) is 1.73. The molecule has 0 aromatic carbocycles. The Morgan fingerprint density at radius 2 is 1.50 bits per heavy atom. The Morgan fingerprint density at radius 1 is 1.00 bits per heavy atom. The molecule has 0 spiro atoms. The molecule has 1 heterocycles. The molecule has 0 radical (unpaired) electrons. The monoisotopic (exact) mass is 170 g/mol. The van der Waals surface area contributed by atoms with Crippen LogP contribution in [-0.4, -0.2) is 48.1 Å². The molecule has 72 valence electrons.